The second-order valence-corrected chi connectivity index (χ2v) is 11.7. The van der Waals surface area contributed by atoms with Crippen LogP contribution in [0.1, 0.15) is 40.8 Å². The van der Waals surface area contributed by atoms with Crippen molar-refractivity contribution in [3.8, 4) is 11.3 Å². The highest BCUT2D eigenvalue weighted by atomic mass is 32.1. The van der Waals surface area contributed by atoms with Gasteiger partial charge in [-0.15, -0.1) is 11.3 Å². The van der Waals surface area contributed by atoms with Gasteiger partial charge in [-0.2, -0.15) is 19.6 Å². The number of carbonyl (C=O) groups excluding carboxylic acids is 1. The van der Waals surface area contributed by atoms with Crippen molar-refractivity contribution in [1.29, 1.82) is 0 Å². The topological polar surface area (TPSA) is 122 Å². The number of benzene rings is 2. The van der Waals surface area contributed by atoms with Gasteiger partial charge < -0.3 is 16.0 Å². The van der Waals surface area contributed by atoms with E-state index < -0.39 is 0 Å². The van der Waals surface area contributed by atoms with E-state index in [9.17, 15) is 4.79 Å². The molecule has 6 aromatic rings. The Bertz CT molecular complexity index is 1960. The lowest BCUT2D eigenvalue weighted by molar-refractivity contribution is -0.111. The maximum atomic E-state index is 11.8. The Morgan fingerprint density at radius 2 is 1.91 bits per heavy atom. The third-order valence-electron chi connectivity index (χ3n) is 7.03. The lowest BCUT2D eigenvalue weighted by atomic mass is 9.99. The fourth-order valence-electron chi connectivity index (χ4n) is 4.89. The largest absolute Gasteiger partial charge is 0.350 e. The highest BCUT2D eigenvalue weighted by molar-refractivity contribution is 7.11. The van der Waals surface area contributed by atoms with Gasteiger partial charge in [-0.25, -0.2) is 4.98 Å². The van der Waals surface area contributed by atoms with Gasteiger partial charge in [-0.3, -0.25) is 9.78 Å². The highest BCUT2D eigenvalue weighted by Gasteiger charge is 2.17. The van der Waals surface area contributed by atoms with Crippen molar-refractivity contribution >= 4 is 51.2 Å². The molecule has 1 amide bonds. The number of hydrogen-bond acceptors (Lipinski definition) is 9. The third kappa shape index (κ3) is 5.93. The number of anilines is 3. The molecule has 3 N–H and O–H groups in total. The van der Waals surface area contributed by atoms with Crippen molar-refractivity contribution in [3.63, 3.8) is 0 Å². The van der Waals surface area contributed by atoms with Gasteiger partial charge in [0.2, 0.25) is 17.8 Å². The van der Waals surface area contributed by atoms with E-state index in [0.29, 0.717) is 30.7 Å². The smallest absolute Gasteiger partial charge is 0.247 e. The van der Waals surface area contributed by atoms with E-state index in [2.05, 4.69) is 58.6 Å². The van der Waals surface area contributed by atoms with Gasteiger partial charge in [-0.1, -0.05) is 50.8 Å². The summed E-state index contributed by atoms with van der Waals surface area (Å²) in [5, 5.41) is 17.3. The summed E-state index contributed by atoms with van der Waals surface area (Å²) in [6, 6.07) is 15.9. The quantitative estimate of drug-likeness (QED) is 0.153. The fourth-order valence-corrected chi connectivity index (χ4v) is 5.63. The van der Waals surface area contributed by atoms with Crippen molar-refractivity contribution in [2.24, 2.45) is 0 Å². The Morgan fingerprint density at radius 3 is 2.70 bits per heavy atom. The first-order valence-electron chi connectivity index (χ1n) is 13.9. The summed E-state index contributed by atoms with van der Waals surface area (Å²) in [6.45, 7) is 10.8. The van der Waals surface area contributed by atoms with Crippen LogP contribution in [0.15, 0.2) is 79.8 Å². The van der Waals surface area contributed by atoms with Crippen molar-refractivity contribution in [1.82, 2.24) is 29.5 Å². The number of amides is 1. The molecule has 4 heterocycles. The van der Waals surface area contributed by atoms with Gasteiger partial charge in [0.05, 0.1) is 23.4 Å². The van der Waals surface area contributed by atoms with Crippen LogP contribution in [0.5, 0.6) is 0 Å². The van der Waals surface area contributed by atoms with E-state index in [-0.39, 0.29) is 11.8 Å². The number of nitrogens with zero attached hydrogens (tertiary/aromatic N) is 6. The van der Waals surface area contributed by atoms with E-state index in [1.807, 2.05) is 55.7 Å². The van der Waals surface area contributed by atoms with Crippen LogP contribution in [-0.2, 0) is 17.9 Å². The number of thiazole rings is 1. The van der Waals surface area contributed by atoms with Crippen LogP contribution in [0.4, 0.5) is 17.6 Å². The Morgan fingerprint density at radius 1 is 1.05 bits per heavy atom. The van der Waals surface area contributed by atoms with E-state index in [1.165, 1.54) is 6.08 Å². The predicted octanol–water partition coefficient (Wildman–Crippen LogP) is 6.58. The van der Waals surface area contributed by atoms with Crippen LogP contribution < -0.4 is 16.0 Å². The Balaban J connectivity index is 1.32. The summed E-state index contributed by atoms with van der Waals surface area (Å²) in [5.41, 5.74) is 5.41. The summed E-state index contributed by atoms with van der Waals surface area (Å²) in [6.07, 6.45) is 6.77. The van der Waals surface area contributed by atoms with Gasteiger partial charge >= 0.3 is 0 Å². The lowest BCUT2D eigenvalue weighted by Gasteiger charge is -2.14. The third-order valence-corrected chi connectivity index (χ3v) is 7.95. The van der Waals surface area contributed by atoms with Crippen LogP contribution in [0, 0.1) is 6.92 Å². The maximum absolute atomic E-state index is 11.8. The molecule has 2 aromatic carbocycles. The predicted molar refractivity (Wildman–Crippen MR) is 172 cm³/mol. The molecule has 216 valence electrons. The summed E-state index contributed by atoms with van der Waals surface area (Å²) in [7, 11) is 0. The van der Waals surface area contributed by atoms with Crippen LogP contribution in [0.3, 0.4) is 0 Å². The molecule has 10 nitrogen and oxygen atoms in total. The van der Waals surface area contributed by atoms with E-state index in [1.54, 1.807) is 22.0 Å². The monoisotopic (exact) mass is 589 g/mol. The molecule has 0 saturated carbocycles. The number of fused-ring (bicyclic) bond motifs is 2. The summed E-state index contributed by atoms with van der Waals surface area (Å²) in [4.78, 5) is 31.6. The molecule has 0 unspecified atom stereocenters. The zero-order valence-electron chi connectivity index (χ0n) is 24.1. The first-order chi connectivity index (χ1) is 20.9. The second kappa shape index (κ2) is 12.0. The molecule has 0 aliphatic heterocycles. The summed E-state index contributed by atoms with van der Waals surface area (Å²) < 4.78 is 1.76. The summed E-state index contributed by atoms with van der Waals surface area (Å²) >= 11 is 1.65. The molecule has 11 heteroatoms. The van der Waals surface area contributed by atoms with Gasteiger partial charge in [0.15, 0.2) is 5.65 Å². The molecule has 0 fully saturated rings. The first-order valence-corrected chi connectivity index (χ1v) is 14.8. The van der Waals surface area contributed by atoms with Gasteiger partial charge in [-0.05, 0) is 48.1 Å². The number of nitrogens with one attached hydrogen (secondary N) is 3. The number of rotatable bonds is 10. The number of hydrogen-bond donors (Lipinski definition) is 3. The molecule has 0 aliphatic carbocycles. The standard InChI is InChI=1S/C32H31N9OS/c1-5-28(42)38-23-10-11-26-21(14-23)12-13-33-29(26)25-9-7-6-8-22(25)15-36-32-40-31(35-17-24-16-34-20(4)43-24)39-30-27(19(2)3)18-37-41(30)32/h5-14,16,18-19H,1,15,17H2,2-4H3,(H,38,42)(H2,35,36,39,40). The molecule has 6 rings (SSSR count). The molecule has 43 heavy (non-hydrogen) atoms. The molecule has 0 spiro atoms. The molecule has 0 saturated heterocycles. The molecule has 0 aliphatic rings. The van der Waals surface area contributed by atoms with Crippen LogP contribution in [-0.4, -0.2) is 35.5 Å². The van der Waals surface area contributed by atoms with Gasteiger partial charge in [0.1, 0.15) is 0 Å². The van der Waals surface area contributed by atoms with Gasteiger partial charge in [0, 0.05) is 46.0 Å². The van der Waals surface area contributed by atoms with Crippen molar-refractivity contribution in [3.05, 3.63) is 101 Å². The second-order valence-electron chi connectivity index (χ2n) is 10.4. The molecular formula is C32H31N9OS. The number of carbonyl (C=O) groups is 1. The maximum Gasteiger partial charge on any atom is 0.247 e. The Labute approximate surface area is 253 Å². The summed E-state index contributed by atoms with van der Waals surface area (Å²) in [5.74, 6) is 1.11. The van der Waals surface area contributed by atoms with Crippen LogP contribution in [0.25, 0.3) is 27.7 Å². The van der Waals surface area contributed by atoms with Crippen LogP contribution >= 0.6 is 11.3 Å². The van der Waals surface area contributed by atoms with E-state index in [4.69, 9.17) is 15.0 Å². The average molecular weight is 590 g/mol. The average Bonchev–Trinajstić information content (AvgIpc) is 3.64. The number of pyridine rings is 1. The molecule has 0 bridgehead atoms. The fraction of sp³-hybridized carbons (Fsp3) is 0.188. The van der Waals surface area contributed by atoms with Crippen molar-refractivity contribution in [2.75, 3.05) is 16.0 Å². The lowest BCUT2D eigenvalue weighted by Crippen LogP contribution is -2.12. The Hall–Kier alpha value is -5.16. The minimum Gasteiger partial charge on any atom is -0.350 e. The molecule has 4 aromatic heterocycles. The zero-order valence-corrected chi connectivity index (χ0v) is 24.9. The van der Waals surface area contributed by atoms with Gasteiger partial charge in [0.25, 0.3) is 0 Å². The van der Waals surface area contributed by atoms with Crippen LogP contribution in [0.2, 0.25) is 0 Å². The highest BCUT2D eigenvalue weighted by Crippen LogP contribution is 2.31. The van der Waals surface area contributed by atoms with Crippen molar-refractivity contribution < 1.29 is 4.79 Å². The number of aromatic nitrogens is 6. The number of aryl methyl sites for hydroxylation is 1. The Kier molecular flexibility index (Phi) is 7.80. The zero-order chi connectivity index (χ0) is 29.9. The molecular weight excluding hydrogens is 558 g/mol. The van der Waals surface area contributed by atoms with E-state index >= 15 is 0 Å². The minimum absolute atomic E-state index is 0.251. The SMILES string of the molecule is C=CC(=O)Nc1ccc2c(-c3ccccc3CNc3nc(NCc4cnc(C)s4)nc4c(C(C)C)cnn34)nccc2c1. The first kappa shape index (κ1) is 28.0. The normalized spacial score (nSPS) is 11.3. The van der Waals surface area contributed by atoms with Crippen molar-refractivity contribution in [2.45, 2.75) is 39.8 Å². The van der Waals surface area contributed by atoms with E-state index in [0.717, 1.165) is 48.7 Å². The molecule has 0 radical (unpaired) electrons. The molecule has 0 atom stereocenters. The minimum atomic E-state index is -0.251.